The molecule has 0 atom stereocenters. The predicted octanol–water partition coefficient (Wildman–Crippen LogP) is 5.18. The maximum Gasteiger partial charge on any atom is 0.250 e. The number of carbonyl (C=O) groups excluding carboxylic acids is 2. The van der Waals surface area contributed by atoms with E-state index < -0.39 is 11.8 Å². The molecule has 4 rings (SSSR count). The molecule has 0 unspecified atom stereocenters. The van der Waals surface area contributed by atoms with Gasteiger partial charge in [-0.05, 0) is 28.7 Å². The van der Waals surface area contributed by atoms with Crippen molar-refractivity contribution >= 4 is 22.6 Å². The normalized spacial score (nSPS) is 18.3. The lowest BCUT2D eigenvalue weighted by Crippen LogP contribution is -2.20. The summed E-state index contributed by atoms with van der Waals surface area (Å²) in [5.41, 5.74) is 10.8. The van der Waals surface area contributed by atoms with E-state index in [1.807, 2.05) is 12.1 Å². The molecule has 0 aromatic heterocycles. The molecule has 0 aliphatic heterocycles. The minimum absolute atomic E-state index is 0.159. The zero-order chi connectivity index (χ0) is 19.9. The minimum Gasteiger partial charge on any atom is -0.366 e. The number of rotatable bonds is 3. The Morgan fingerprint density at radius 3 is 1.71 bits per heavy atom. The van der Waals surface area contributed by atoms with Gasteiger partial charge in [0, 0.05) is 0 Å². The lowest BCUT2D eigenvalue weighted by molar-refractivity contribution is 0.0968. The van der Waals surface area contributed by atoms with Gasteiger partial charge in [-0.3, -0.25) is 9.59 Å². The van der Waals surface area contributed by atoms with Gasteiger partial charge in [-0.2, -0.15) is 0 Å². The van der Waals surface area contributed by atoms with Gasteiger partial charge in [0.15, 0.2) is 0 Å². The smallest absolute Gasteiger partial charge is 0.250 e. The summed E-state index contributed by atoms with van der Waals surface area (Å²) in [6, 6.07) is 10.5. The van der Waals surface area contributed by atoms with Crippen LogP contribution in [-0.2, 0) is 0 Å². The monoisotopic (exact) mass is 380 g/mol. The summed E-state index contributed by atoms with van der Waals surface area (Å²) >= 11 is 0. The van der Waals surface area contributed by atoms with Crippen molar-refractivity contribution in [1.82, 2.24) is 0 Å². The van der Waals surface area contributed by atoms with E-state index in [1.165, 1.54) is 44.6 Å². The molecule has 0 spiro atoms. The van der Waals surface area contributed by atoms with Crippen molar-refractivity contribution in [3.8, 4) is 0 Å². The Morgan fingerprint density at radius 2 is 1.21 bits per heavy atom. The Hall–Kier alpha value is -2.36. The van der Waals surface area contributed by atoms with Gasteiger partial charge < -0.3 is 11.5 Å². The molecule has 4 N–H and O–H groups in total. The van der Waals surface area contributed by atoms with E-state index in [-0.39, 0.29) is 11.1 Å². The summed E-state index contributed by atoms with van der Waals surface area (Å²) < 4.78 is 0. The van der Waals surface area contributed by atoms with E-state index in [1.54, 1.807) is 43.9 Å². The third kappa shape index (κ3) is 4.92. The highest BCUT2D eigenvalue weighted by Crippen LogP contribution is 2.37. The van der Waals surface area contributed by atoms with E-state index in [0.717, 1.165) is 17.2 Å². The molecular formula is C24H32N2O2. The molecule has 2 saturated carbocycles. The molecule has 150 valence electrons. The average Bonchev–Trinajstić information content (AvgIpc) is 2.74. The zero-order valence-electron chi connectivity index (χ0n) is 16.7. The van der Waals surface area contributed by atoms with Crippen molar-refractivity contribution in [2.75, 3.05) is 0 Å². The van der Waals surface area contributed by atoms with Crippen LogP contribution < -0.4 is 11.5 Å². The van der Waals surface area contributed by atoms with Crippen LogP contribution in [0, 0.1) is 11.8 Å². The first-order chi connectivity index (χ1) is 13.6. The van der Waals surface area contributed by atoms with Crippen LogP contribution >= 0.6 is 0 Å². The summed E-state index contributed by atoms with van der Waals surface area (Å²) in [4.78, 5) is 22.5. The van der Waals surface area contributed by atoms with E-state index >= 15 is 0 Å². The number of carbonyl (C=O) groups is 2. The second kappa shape index (κ2) is 9.72. The van der Waals surface area contributed by atoms with Gasteiger partial charge in [0.25, 0.3) is 0 Å². The van der Waals surface area contributed by atoms with Crippen LogP contribution in [-0.4, -0.2) is 11.8 Å². The van der Waals surface area contributed by atoms with Crippen LogP contribution in [0.5, 0.6) is 0 Å². The summed E-state index contributed by atoms with van der Waals surface area (Å²) in [5, 5.41) is 1.49. The zero-order valence-corrected chi connectivity index (χ0v) is 16.7. The Balaban J connectivity index is 0.000000167. The number of primary amides is 2. The molecule has 4 heteroatoms. The molecule has 2 fully saturated rings. The predicted molar refractivity (Wildman–Crippen MR) is 114 cm³/mol. The van der Waals surface area contributed by atoms with Gasteiger partial charge in [0.05, 0.1) is 11.1 Å². The topological polar surface area (TPSA) is 86.2 Å². The molecular weight excluding hydrogens is 348 g/mol. The number of fused-ring (bicyclic) bond motifs is 1. The number of nitrogens with two attached hydrogens (primary N) is 2. The molecule has 4 nitrogen and oxygen atoms in total. The van der Waals surface area contributed by atoms with E-state index in [2.05, 4.69) is 0 Å². The first-order valence-corrected chi connectivity index (χ1v) is 10.7. The van der Waals surface area contributed by atoms with Gasteiger partial charge in [0.2, 0.25) is 11.8 Å². The van der Waals surface area contributed by atoms with Gasteiger partial charge in [-0.25, -0.2) is 0 Å². The maximum atomic E-state index is 11.4. The van der Waals surface area contributed by atoms with Crippen LogP contribution in [0.25, 0.3) is 10.8 Å². The highest BCUT2D eigenvalue weighted by Gasteiger charge is 2.24. The molecule has 28 heavy (non-hydrogen) atoms. The van der Waals surface area contributed by atoms with E-state index in [9.17, 15) is 9.59 Å². The first-order valence-electron chi connectivity index (χ1n) is 10.7. The van der Waals surface area contributed by atoms with Gasteiger partial charge in [-0.1, -0.05) is 94.5 Å². The van der Waals surface area contributed by atoms with E-state index in [4.69, 9.17) is 11.5 Å². The second-order valence-corrected chi connectivity index (χ2v) is 8.23. The molecule has 2 aromatic carbocycles. The van der Waals surface area contributed by atoms with Crippen molar-refractivity contribution in [2.24, 2.45) is 23.3 Å². The van der Waals surface area contributed by atoms with Gasteiger partial charge >= 0.3 is 0 Å². The Bertz CT molecular complexity index is 802. The Kier molecular flexibility index (Phi) is 7.07. The highest BCUT2D eigenvalue weighted by atomic mass is 16.2. The molecule has 2 aromatic rings. The largest absolute Gasteiger partial charge is 0.366 e. The summed E-state index contributed by atoms with van der Waals surface area (Å²) in [6.45, 7) is 0. The second-order valence-electron chi connectivity index (χ2n) is 8.23. The lowest BCUT2D eigenvalue weighted by Gasteiger charge is -2.32. The number of hydrogen-bond acceptors (Lipinski definition) is 2. The molecule has 0 bridgehead atoms. The van der Waals surface area contributed by atoms with Crippen LogP contribution in [0.1, 0.15) is 84.9 Å². The van der Waals surface area contributed by atoms with Crippen molar-refractivity contribution < 1.29 is 9.59 Å². The van der Waals surface area contributed by atoms with Gasteiger partial charge in [-0.15, -0.1) is 0 Å². The minimum atomic E-state index is -0.653. The van der Waals surface area contributed by atoms with Crippen LogP contribution in [0.4, 0.5) is 0 Å². The Labute approximate surface area is 167 Å². The quantitative estimate of drug-likeness (QED) is 0.768. The molecule has 0 saturated heterocycles. The molecule has 2 aliphatic rings. The van der Waals surface area contributed by atoms with E-state index in [0.29, 0.717) is 5.39 Å². The van der Waals surface area contributed by atoms with Gasteiger partial charge in [0.1, 0.15) is 0 Å². The molecule has 0 radical (unpaired) electrons. The fourth-order valence-corrected chi connectivity index (χ4v) is 4.95. The summed E-state index contributed by atoms with van der Waals surface area (Å²) in [7, 11) is 0. The van der Waals surface area contributed by atoms with Crippen molar-refractivity contribution in [3.63, 3.8) is 0 Å². The standard InChI is InChI=1S/C12H10N2O2.C12H22/c13-11(15)9-6-5-7-3-1-2-4-8(7)10(9)12(14)16;1-3-7-11(8-4-1)12-9-5-2-6-10-12/h1-6H,(H2,13,15)(H2,14,16);11-12H,1-10H2. The third-order valence-corrected chi connectivity index (χ3v) is 6.41. The maximum absolute atomic E-state index is 11.4. The third-order valence-electron chi connectivity index (χ3n) is 6.41. The summed E-state index contributed by atoms with van der Waals surface area (Å²) in [5.74, 6) is 0.975. The lowest BCUT2D eigenvalue weighted by atomic mass is 9.73. The van der Waals surface area contributed by atoms with Crippen LogP contribution in [0.3, 0.4) is 0 Å². The number of benzene rings is 2. The fourth-order valence-electron chi connectivity index (χ4n) is 4.95. The van der Waals surface area contributed by atoms with Crippen molar-refractivity contribution in [2.45, 2.75) is 64.2 Å². The fraction of sp³-hybridized carbons (Fsp3) is 0.500. The average molecular weight is 381 g/mol. The van der Waals surface area contributed by atoms with Crippen molar-refractivity contribution in [1.29, 1.82) is 0 Å². The Morgan fingerprint density at radius 1 is 0.679 bits per heavy atom. The molecule has 2 amide bonds. The highest BCUT2D eigenvalue weighted by molar-refractivity contribution is 6.14. The first kappa shape index (κ1) is 20.4. The van der Waals surface area contributed by atoms with Crippen LogP contribution in [0.15, 0.2) is 36.4 Å². The number of hydrogen-bond donors (Lipinski definition) is 2. The molecule has 0 heterocycles. The molecule has 2 aliphatic carbocycles. The SMILES string of the molecule is C1CCC(C2CCCCC2)CC1.NC(=O)c1ccc2ccccc2c1C(N)=O. The summed E-state index contributed by atoms with van der Waals surface area (Å²) in [6.07, 6.45) is 15.4. The number of amides is 2. The van der Waals surface area contributed by atoms with Crippen LogP contribution in [0.2, 0.25) is 0 Å². The van der Waals surface area contributed by atoms with Crippen molar-refractivity contribution in [3.05, 3.63) is 47.5 Å².